The maximum Gasteiger partial charge on any atom is 0.296 e. The van der Waals surface area contributed by atoms with Gasteiger partial charge in [-0.3, -0.25) is 14.9 Å². The molecule has 0 radical (unpaired) electrons. The predicted molar refractivity (Wildman–Crippen MR) is 85.2 cm³/mol. The van der Waals surface area contributed by atoms with E-state index in [0.29, 0.717) is 23.7 Å². The lowest BCUT2D eigenvalue weighted by Crippen LogP contribution is -2.14. The smallest absolute Gasteiger partial charge is 0.296 e. The van der Waals surface area contributed by atoms with Gasteiger partial charge in [0.25, 0.3) is 11.6 Å². The number of anilines is 1. The SMILES string of the molecule is CCOc1ccccc1C(=O)Nc1ccc(OC)cc1[N+](=O)[O-]. The van der Waals surface area contributed by atoms with Crippen molar-refractivity contribution in [3.63, 3.8) is 0 Å². The van der Waals surface area contributed by atoms with E-state index in [-0.39, 0.29) is 11.4 Å². The molecule has 0 aromatic heterocycles. The summed E-state index contributed by atoms with van der Waals surface area (Å²) in [5, 5.41) is 13.7. The van der Waals surface area contributed by atoms with Crippen LogP contribution in [0.4, 0.5) is 11.4 Å². The predicted octanol–water partition coefficient (Wildman–Crippen LogP) is 3.25. The summed E-state index contributed by atoms with van der Waals surface area (Å²) >= 11 is 0. The highest BCUT2D eigenvalue weighted by molar-refractivity contribution is 6.07. The van der Waals surface area contributed by atoms with Gasteiger partial charge in [0.15, 0.2) is 0 Å². The standard InChI is InChI=1S/C16H16N2O5/c1-3-23-15-7-5-4-6-12(15)16(19)17-13-9-8-11(22-2)10-14(13)18(20)21/h4-10H,3H2,1-2H3,(H,17,19). The fraction of sp³-hybridized carbons (Fsp3) is 0.188. The molecule has 23 heavy (non-hydrogen) atoms. The van der Waals surface area contributed by atoms with Crippen molar-refractivity contribution in [2.75, 3.05) is 19.0 Å². The van der Waals surface area contributed by atoms with Gasteiger partial charge in [-0.15, -0.1) is 0 Å². The molecule has 2 aromatic carbocycles. The highest BCUT2D eigenvalue weighted by Gasteiger charge is 2.19. The van der Waals surface area contributed by atoms with E-state index in [4.69, 9.17) is 9.47 Å². The quantitative estimate of drug-likeness (QED) is 0.652. The van der Waals surface area contributed by atoms with Gasteiger partial charge in [-0.2, -0.15) is 0 Å². The van der Waals surface area contributed by atoms with Crippen molar-refractivity contribution in [2.24, 2.45) is 0 Å². The number of benzene rings is 2. The van der Waals surface area contributed by atoms with E-state index in [0.717, 1.165) is 0 Å². The molecule has 0 saturated carbocycles. The number of nitro benzene ring substituents is 1. The molecule has 0 aliphatic carbocycles. The van der Waals surface area contributed by atoms with E-state index >= 15 is 0 Å². The van der Waals surface area contributed by atoms with Gasteiger partial charge in [-0.1, -0.05) is 12.1 Å². The van der Waals surface area contributed by atoms with Gasteiger partial charge in [-0.05, 0) is 31.2 Å². The maximum atomic E-state index is 12.4. The molecule has 0 saturated heterocycles. The molecule has 1 amide bonds. The van der Waals surface area contributed by atoms with Crippen LogP contribution in [0.25, 0.3) is 0 Å². The highest BCUT2D eigenvalue weighted by Crippen LogP contribution is 2.30. The minimum absolute atomic E-state index is 0.0899. The number of para-hydroxylation sites is 1. The lowest BCUT2D eigenvalue weighted by atomic mass is 10.1. The number of nitro groups is 1. The number of rotatable bonds is 6. The number of nitrogens with one attached hydrogen (secondary N) is 1. The second-order valence-electron chi connectivity index (χ2n) is 4.52. The first kappa shape index (κ1) is 16.3. The molecule has 0 heterocycles. The summed E-state index contributed by atoms with van der Waals surface area (Å²) in [6.45, 7) is 2.22. The Morgan fingerprint density at radius 2 is 2.00 bits per heavy atom. The van der Waals surface area contributed by atoms with Gasteiger partial charge < -0.3 is 14.8 Å². The van der Waals surface area contributed by atoms with E-state index in [1.165, 1.54) is 25.3 Å². The molecule has 0 unspecified atom stereocenters. The minimum Gasteiger partial charge on any atom is -0.496 e. The Balaban J connectivity index is 2.32. The number of methoxy groups -OCH3 is 1. The van der Waals surface area contributed by atoms with Crippen molar-refractivity contribution >= 4 is 17.3 Å². The summed E-state index contributed by atoms with van der Waals surface area (Å²) in [6, 6.07) is 10.9. The van der Waals surface area contributed by atoms with Gasteiger partial charge in [0.1, 0.15) is 17.2 Å². The number of ether oxygens (including phenoxy) is 2. The Labute approximate surface area is 133 Å². The lowest BCUT2D eigenvalue weighted by Gasteiger charge is -2.11. The van der Waals surface area contributed by atoms with Crippen LogP contribution in [0.15, 0.2) is 42.5 Å². The molecule has 0 aliphatic rings. The molecule has 0 aliphatic heterocycles. The average molecular weight is 316 g/mol. The zero-order chi connectivity index (χ0) is 16.8. The van der Waals surface area contributed by atoms with Crippen LogP contribution >= 0.6 is 0 Å². The summed E-state index contributed by atoms with van der Waals surface area (Å²) in [5.41, 5.74) is 0.151. The number of hydrogen-bond donors (Lipinski definition) is 1. The third-order valence-corrected chi connectivity index (χ3v) is 3.08. The van der Waals surface area contributed by atoms with Crippen LogP contribution in [0, 0.1) is 10.1 Å². The number of carbonyl (C=O) groups excluding carboxylic acids is 1. The van der Waals surface area contributed by atoms with Crippen molar-refractivity contribution < 1.29 is 19.2 Å². The Kier molecular flexibility index (Phi) is 5.14. The molecule has 0 spiro atoms. The highest BCUT2D eigenvalue weighted by atomic mass is 16.6. The Bertz CT molecular complexity index is 730. The number of amides is 1. The molecular weight excluding hydrogens is 300 g/mol. The van der Waals surface area contributed by atoms with E-state index in [1.54, 1.807) is 24.3 Å². The summed E-state index contributed by atoms with van der Waals surface area (Å²) in [5.74, 6) is 0.274. The average Bonchev–Trinajstić information content (AvgIpc) is 2.55. The van der Waals surface area contributed by atoms with Crippen molar-refractivity contribution in [1.29, 1.82) is 0 Å². The lowest BCUT2D eigenvalue weighted by molar-refractivity contribution is -0.384. The van der Waals surface area contributed by atoms with Crippen LogP contribution in [0.3, 0.4) is 0 Å². The Morgan fingerprint density at radius 3 is 2.65 bits per heavy atom. The third kappa shape index (κ3) is 3.76. The van der Waals surface area contributed by atoms with Crippen molar-refractivity contribution in [3.8, 4) is 11.5 Å². The van der Waals surface area contributed by atoms with Crippen LogP contribution < -0.4 is 14.8 Å². The number of hydrogen-bond acceptors (Lipinski definition) is 5. The third-order valence-electron chi connectivity index (χ3n) is 3.08. The van der Waals surface area contributed by atoms with Crippen LogP contribution in [0.2, 0.25) is 0 Å². The second kappa shape index (κ2) is 7.26. The van der Waals surface area contributed by atoms with Crippen LogP contribution in [-0.4, -0.2) is 24.5 Å². The van der Waals surface area contributed by atoms with E-state index in [2.05, 4.69) is 5.32 Å². The zero-order valence-electron chi connectivity index (χ0n) is 12.7. The molecule has 7 heteroatoms. The molecule has 0 fully saturated rings. The summed E-state index contributed by atoms with van der Waals surface area (Å²) in [7, 11) is 1.41. The molecule has 0 atom stereocenters. The molecule has 2 aromatic rings. The maximum absolute atomic E-state index is 12.4. The van der Waals surface area contributed by atoms with Gasteiger partial charge in [-0.25, -0.2) is 0 Å². The van der Waals surface area contributed by atoms with Crippen LogP contribution in [-0.2, 0) is 0 Å². The normalized spacial score (nSPS) is 10.0. The van der Waals surface area contributed by atoms with Crippen LogP contribution in [0.1, 0.15) is 17.3 Å². The summed E-state index contributed by atoms with van der Waals surface area (Å²) < 4.78 is 10.4. The topological polar surface area (TPSA) is 90.7 Å². The second-order valence-corrected chi connectivity index (χ2v) is 4.52. The van der Waals surface area contributed by atoms with Gasteiger partial charge in [0, 0.05) is 0 Å². The largest absolute Gasteiger partial charge is 0.496 e. The molecule has 0 bridgehead atoms. The van der Waals surface area contributed by atoms with Gasteiger partial charge in [0.05, 0.1) is 30.3 Å². The summed E-state index contributed by atoms with van der Waals surface area (Å²) in [4.78, 5) is 23.0. The first-order valence-corrected chi connectivity index (χ1v) is 6.92. The van der Waals surface area contributed by atoms with E-state index in [1.807, 2.05) is 6.92 Å². The van der Waals surface area contributed by atoms with Crippen LogP contribution in [0.5, 0.6) is 11.5 Å². The zero-order valence-corrected chi connectivity index (χ0v) is 12.7. The first-order chi connectivity index (χ1) is 11.1. The summed E-state index contributed by atoms with van der Waals surface area (Å²) in [6.07, 6.45) is 0. The number of nitrogens with zero attached hydrogens (tertiary/aromatic N) is 1. The minimum atomic E-state index is -0.577. The monoisotopic (exact) mass is 316 g/mol. The van der Waals surface area contributed by atoms with Crippen molar-refractivity contribution in [1.82, 2.24) is 0 Å². The fourth-order valence-electron chi connectivity index (χ4n) is 2.02. The Hall–Kier alpha value is -3.09. The van der Waals surface area contributed by atoms with Crippen molar-refractivity contribution in [2.45, 2.75) is 6.92 Å². The fourth-order valence-corrected chi connectivity index (χ4v) is 2.02. The molecule has 120 valence electrons. The van der Waals surface area contributed by atoms with Crippen molar-refractivity contribution in [3.05, 3.63) is 58.1 Å². The van der Waals surface area contributed by atoms with E-state index in [9.17, 15) is 14.9 Å². The van der Waals surface area contributed by atoms with Gasteiger partial charge in [0.2, 0.25) is 0 Å². The van der Waals surface area contributed by atoms with Gasteiger partial charge >= 0.3 is 0 Å². The molecule has 2 rings (SSSR count). The first-order valence-electron chi connectivity index (χ1n) is 6.92. The molecular formula is C16H16N2O5. The molecule has 1 N–H and O–H groups in total. The number of carbonyl (C=O) groups is 1. The van der Waals surface area contributed by atoms with E-state index < -0.39 is 10.8 Å². The molecule has 7 nitrogen and oxygen atoms in total. The Morgan fingerprint density at radius 1 is 1.26 bits per heavy atom.